The number of carbonyl (C=O) groups is 2. The van der Waals surface area contributed by atoms with Gasteiger partial charge in [-0.1, -0.05) is 11.8 Å². The summed E-state index contributed by atoms with van der Waals surface area (Å²) in [5, 5.41) is 3.75. The molecule has 7 nitrogen and oxygen atoms in total. The van der Waals surface area contributed by atoms with Gasteiger partial charge in [0.25, 0.3) is 0 Å². The third kappa shape index (κ3) is 6.81. The second-order valence-corrected chi connectivity index (χ2v) is 8.26. The van der Waals surface area contributed by atoms with Gasteiger partial charge in [-0.05, 0) is 63.4 Å². The summed E-state index contributed by atoms with van der Waals surface area (Å²) in [6, 6.07) is 9.05. The van der Waals surface area contributed by atoms with Gasteiger partial charge in [-0.2, -0.15) is 0 Å². The van der Waals surface area contributed by atoms with E-state index in [9.17, 15) is 9.59 Å². The number of benzene rings is 1. The van der Waals surface area contributed by atoms with Gasteiger partial charge in [0, 0.05) is 30.5 Å². The van der Waals surface area contributed by atoms with Crippen LogP contribution in [0.5, 0.6) is 5.75 Å². The Balaban J connectivity index is 1.36. The molecule has 1 atom stereocenters. The number of ketones is 1. The van der Waals surface area contributed by atoms with Crippen molar-refractivity contribution in [3.63, 3.8) is 0 Å². The number of thioether (sulfide) groups is 1. The van der Waals surface area contributed by atoms with Crippen LogP contribution in [0.4, 0.5) is 0 Å². The van der Waals surface area contributed by atoms with Crippen molar-refractivity contribution in [1.29, 1.82) is 0 Å². The highest BCUT2D eigenvalue weighted by atomic mass is 32.2. The summed E-state index contributed by atoms with van der Waals surface area (Å²) in [7, 11) is 0. The zero-order valence-corrected chi connectivity index (χ0v) is 18.3. The van der Waals surface area contributed by atoms with Crippen LogP contribution in [0.2, 0.25) is 0 Å². The number of rotatable bonds is 10. The minimum absolute atomic E-state index is 0.00353. The van der Waals surface area contributed by atoms with Crippen LogP contribution in [0, 0.1) is 6.92 Å². The van der Waals surface area contributed by atoms with Crippen molar-refractivity contribution in [2.24, 2.45) is 0 Å². The van der Waals surface area contributed by atoms with Crippen molar-refractivity contribution in [3.8, 4) is 5.75 Å². The maximum atomic E-state index is 12.3. The van der Waals surface area contributed by atoms with Crippen LogP contribution in [-0.2, 0) is 4.79 Å². The van der Waals surface area contributed by atoms with Gasteiger partial charge in [-0.25, -0.2) is 9.97 Å². The molecule has 0 radical (unpaired) electrons. The molecule has 1 saturated heterocycles. The Kier molecular flexibility index (Phi) is 8.21. The lowest BCUT2D eigenvalue weighted by atomic mass is 10.1. The molecule has 1 aliphatic rings. The first-order valence-corrected chi connectivity index (χ1v) is 11.2. The fourth-order valence-electron chi connectivity index (χ4n) is 3.35. The Morgan fingerprint density at radius 1 is 1.27 bits per heavy atom. The van der Waals surface area contributed by atoms with Crippen molar-refractivity contribution in [2.75, 3.05) is 25.4 Å². The lowest BCUT2D eigenvalue weighted by Gasteiger charge is -2.25. The summed E-state index contributed by atoms with van der Waals surface area (Å²) in [4.78, 5) is 34.4. The molecule has 1 aromatic heterocycles. The van der Waals surface area contributed by atoms with Crippen molar-refractivity contribution in [1.82, 2.24) is 20.2 Å². The fourth-order valence-corrected chi connectivity index (χ4v) is 4.04. The summed E-state index contributed by atoms with van der Waals surface area (Å²) in [6.07, 6.45) is 4.69. The standard InChI is InChI=1S/C22H28N4O3S/c1-16-10-11-23-22(24-16)30-15-21(28)25-20-5-3-12-26(20)13-4-14-29-19-8-6-18(7-9-19)17(2)27/h6-11,20H,3-5,12-15H2,1-2H3,(H,25,28). The number of hydrogen-bond acceptors (Lipinski definition) is 7. The molecule has 160 valence electrons. The van der Waals surface area contributed by atoms with Crippen LogP contribution < -0.4 is 10.1 Å². The highest BCUT2D eigenvalue weighted by Gasteiger charge is 2.25. The molecule has 30 heavy (non-hydrogen) atoms. The summed E-state index contributed by atoms with van der Waals surface area (Å²) in [5.74, 6) is 1.13. The third-order valence-electron chi connectivity index (χ3n) is 4.92. The molecule has 1 aliphatic heterocycles. The minimum Gasteiger partial charge on any atom is -0.494 e. The number of hydrogen-bond donors (Lipinski definition) is 1. The van der Waals surface area contributed by atoms with E-state index in [0.29, 0.717) is 23.1 Å². The average molecular weight is 429 g/mol. The van der Waals surface area contributed by atoms with Gasteiger partial charge >= 0.3 is 0 Å². The van der Waals surface area contributed by atoms with Gasteiger partial charge in [0.15, 0.2) is 10.9 Å². The van der Waals surface area contributed by atoms with Gasteiger partial charge < -0.3 is 10.1 Å². The number of aromatic nitrogens is 2. The first-order chi connectivity index (χ1) is 14.5. The van der Waals surface area contributed by atoms with E-state index in [1.165, 1.54) is 11.8 Å². The second kappa shape index (κ2) is 11.1. The lowest BCUT2D eigenvalue weighted by Crippen LogP contribution is -2.45. The van der Waals surface area contributed by atoms with Crippen LogP contribution in [0.1, 0.15) is 42.2 Å². The molecule has 1 unspecified atom stereocenters. The van der Waals surface area contributed by atoms with E-state index in [2.05, 4.69) is 20.2 Å². The van der Waals surface area contributed by atoms with Crippen LogP contribution in [0.25, 0.3) is 0 Å². The van der Waals surface area contributed by atoms with Crippen LogP contribution in [0.15, 0.2) is 41.7 Å². The van der Waals surface area contributed by atoms with E-state index in [4.69, 9.17) is 4.74 Å². The fraction of sp³-hybridized carbons (Fsp3) is 0.455. The van der Waals surface area contributed by atoms with E-state index in [0.717, 1.165) is 43.8 Å². The smallest absolute Gasteiger partial charge is 0.231 e. The minimum atomic E-state index is 0.00353. The summed E-state index contributed by atoms with van der Waals surface area (Å²) in [6.45, 7) is 5.90. The predicted molar refractivity (Wildman–Crippen MR) is 117 cm³/mol. The maximum Gasteiger partial charge on any atom is 0.231 e. The summed E-state index contributed by atoms with van der Waals surface area (Å²) in [5.41, 5.74) is 1.58. The zero-order valence-electron chi connectivity index (χ0n) is 17.5. The number of likely N-dealkylation sites (tertiary alicyclic amines) is 1. The van der Waals surface area contributed by atoms with Crippen LogP contribution in [0.3, 0.4) is 0 Å². The molecule has 1 amide bonds. The Bertz CT molecular complexity index is 860. The highest BCUT2D eigenvalue weighted by molar-refractivity contribution is 7.99. The molecular weight excluding hydrogens is 400 g/mol. The highest BCUT2D eigenvalue weighted by Crippen LogP contribution is 2.17. The Hall–Kier alpha value is -2.45. The first-order valence-electron chi connectivity index (χ1n) is 10.2. The molecule has 2 aromatic rings. The quantitative estimate of drug-likeness (QED) is 0.269. The summed E-state index contributed by atoms with van der Waals surface area (Å²) >= 11 is 1.36. The molecule has 1 N–H and O–H groups in total. The number of carbonyl (C=O) groups excluding carboxylic acids is 2. The van der Waals surface area contributed by atoms with E-state index < -0.39 is 0 Å². The van der Waals surface area contributed by atoms with Crippen molar-refractivity contribution < 1.29 is 14.3 Å². The van der Waals surface area contributed by atoms with Crippen molar-refractivity contribution in [3.05, 3.63) is 47.8 Å². The topological polar surface area (TPSA) is 84.4 Å². The molecular formula is C22H28N4O3S. The van der Waals surface area contributed by atoms with Gasteiger partial charge in [0.05, 0.1) is 18.5 Å². The number of aryl methyl sites for hydroxylation is 1. The lowest BCUT2D eigenvalue weighted by molar-refractivity contribution is -0.120. The average Bonchev–Trinajstić information content (AvgIpc) is 3.17. The van der Waals surface area contributed by atoms with Crippen LogP contribution in [-0.4, -0.2) is 58.2 Å². The van der Waals surface area contributed by atoms with E-state index in [1.807, 2.05) is 25.1 Å². The van der Waals surface area contributed by atoms with Crippen molar-refractivity contribution in [2.45, 2.75) is 44.4 Å². The van der Waals surface area contributed by atoms with Gasteiger partial charge in [0.1, 0.15) is 5.75 Å². The van der Waals surface area contributed by atoms with Crippen LogP contribution >= 0.6 is 11.8 Å². The number of nitrogens with one attached hydrogen (secondary N) is 1. The monoisotopic (exact) mass is 428 g/mol. The molecule has 0 bridgehead atoms. The predicted octanol–water partition coefficient (Wildman–Crippen LogP) is 3.09. The van der Waals surface area contributed by atoms with Gasteiger partial charge in [0.2, 0.25) is 5.91 Å². The van der Waals surface area contributed by atoms with Crippen molar-refractivity contribution >= 4 is 23.5 Å². The largest absolute Gasteiger partial charge is 0.494 e. The molecule has 2 heterocycles. The first kappa shape index (κ1) is 22.2. The maximum absolute atomic E-state index is 12.3. The van der Waals surface area contributed by atoms with Gasteiger partial charge in [-0.15, -0.1) is 0 Å². The number of ether oxygens (including phenoxy) is 1. The molecule has 1 aromatic carbocycles. The molecule has 1 fully saturated rings. The molecule has 0 spiro atoms. The zero-order chi connectivity index (χ0) is 21.3. The molecule has 8 heteroatoms. The number of Topliss-reactive ketones (excluding diaryl/α,β-unsaturated/α-hetero) is 1. The van der Waals surface area contributed by atoms with E-state index in [1.54, 1.807) is 25.3 Å². The number of nitrogens with zero attached hydrogens (tertiary/aromatic N) is 3. The molecule has 0 saturated carbocycles. The second-order valence-electron chi connectivity index (χ2n) is 7.31. The molecule has 0 aliphatic carbocycles. The summed E-state index contributed by atoms with van der Waals surface area (Å²) < 4.78 is 5.77. The normalized spacial score (nSPS) is 16.4. The Morgan fingerprint density at radius 2 is 2.07 bits per heavy atom. The third-order valence-corrected chi connectivity index (χ3v) is 5.78. The van der Waals surface area contributed by atoms with E-state index >= 15 is 0 Å². The van der Waals surface area contributed by atoms with Gasteiger partial charge in [-0.3, -0.25) is 14.5 Å². The van der Waals surface area contributed by atoms with E-state index in [-0.39, 0.29) is 17.9 Å². The number of amides is 1. The Morgan fingerprint density at radius 3 is 2.80 bits per heavy atom. The SMILES string of the molecule is CC(=O)c1ccc(OCCCN2CCCC2NC(=O)CSc2nccc(C)n2)cc1. The Labute approximate surface area is 181 Å². The molecule has 3 rings (SSSR count).